The Hall–Kier alpha value is -2.32. The first-order valence-electron chi connectivity index (χ1n) is 12.0. The van der Waals surface area contributed by atoms with Crippen molar-refractivity contribution in [3.63, 3.8) is 0 Å². The lowest BCUT2D eigenvalue weighted by Gasteiger charge is -2.42. The number of hydrogen-bond acceptors (Lipinski definition) is 5. The van der Waals surface area contributed by atoms with E-state index in [1.165, 1.54) is 16.7 Å². The van der Waals surface area contributed by atoms with Gasteiger partial charge in [0.1, 0.15) is 6.04 Å². The summed E-state index contributed by atoms with van der Waals surface area (Å²) in [4.78, 5) is 43.9. The van der Waals surface area contributed by atoms with Gasteiger partial charge in [-0.1, -0.05) is 38.1 Å². The molecule has 2 N–H and O–H groups in total. The molecule has 3 heterocycles. The molecule has 0 aromatic heterocycles. The molecule has 3 unspecified atom stereocenters. The van der Waals surface area contributed by atoms with Crippen LogP contribution in [0.15, 0.2) is 30.9 Å². The van der Waals surface area contributed by atoms with Crippen molar-refractivity contribution in [3.05, 3.63) is 42.0 Å². The summed E-state index contributed by atoms with van der Waals surface area (Å²) in [5, 5.41) is 20.0. The van der Waals surface area contributed by atoms with Crippen molar-refractivity contribution in [2.45, 2.75) is 62.6 Å². The van der Waals surface area contributed by atoms with Gasteiger partial charge in [0.05, 0.1) is 29.2 Å². The molecule has 0 saturated carbocycles. The van der Waals surface area contributed by atoms with Gasteiger partial charge in [-0.15, -0.1) is 18.3 Å². The Kier molecular flexibility index (Phi) is 6.59. The van der Waals surface area contributed by atoms with E-state index in [1.807, 2.05) is 45.9 Å². The second-order valence-corrected chi connectivity index (χ2v) is 11.4. The lowest BCUT2D eigenvalue weighted by atomic mass is 9.66. The molecule has 1 aromatic rings. The highest BCUT2D eigenvalue weighted by atomic mass is 32.2. The van der Waals surface area contributed by atoms with Crippen LogP contribution in [0.3, 0.4) is 0 Å². The van der Waals surface area contributed by atoms with Crippen LogP contribution >= 0.6 is 11.8 Å². The second kappa shape index (κ2) is 9.04. The zero-order chi connectivity index (χ0) is 24.9. The fourth-order valence-electron chi connectivity index (χ4n) is 6.63. The number of amides is 2. The molecular formula is C26H34N2O5S. The molecule has 2 amide bonds. The Labute approximate surface area is 205 Å². The van der Waals surface area contributed by atoms with E-state index in [-0.39, 0.29) is 36.1 Å². The number of rotatable bonds is 8. The van der Waals surface area contributed by atoms with Gasteiger partial charge >= 0.3 is 5.97 Å². The molecule has 1 spiro atoms. The number of aryl methyl sites for hydroxylation is 2. The van der Waals surface area contributed by atoms with Crippen molar-refractivity contribution in [1.82, 2.24) is 4.90 Å². The molecule has 8 heteroatoms. The van der Waals surface area contributed by atoms with Crippen molar-refractivity contribution < 1.29 is 24.6 Å². The second-order valence-electron chi connectivity index (χ2n) is 9.86. The number of likely N-dealkylation sites (tertiary alicyclic amines) is 1. The van der Waals surface area contributed by atoms with Crippen LogP contribution in [-0.2, 0) is 14.4 Å². The number of carboxylic acids is 1. The monoisotopic (exact) mass is 486 g/mol. The number of carboxylic acid groups (broad SMARTS) is 1. The van der Waals surface area contributed by atoms with Crippen LogP contribution in [0.1, 0.15) is 37.8 Å². The number of fused-ring (bicyclic) bond motifs is 1. The van der Waals surface area contributed by atoms with Gasteiger partial charge in [-0.05, 0) is 43.7 Å². The lowest BCUT2D eigenvalue weighted by molar-refractivity contribution is -0.149. The maximum Gasteiger partial charge on any atom is 0.308 e. The molecule has 3 saturated heterocycles. The number of anilines is 1. The molecule has 2 bridgehead atoms. The summed E-state index contributed by atoms with van der Waals surface area (Å²) in [7, 11) is 0. The number of benzene rings is 1. The van der Waals surface area contributed by atoms with Crippen LogP contribution in [0.25, 0.3) is 0 Å². The smallest absolute Gasteiger partial charge is 0.308 e. The summed E-state index contributed by atoms with van der Waals surface area (Å²) in [6.45, 7) is 11.7. The maximum absolute atomic E-state index is 14.5. The van der Waals surface area contributed by atoms with Crippen LogP contribution in [-0.4, -0.2) is 68.1 Å². The molecule has 0 aliphatic carbocycles. The first kappa shape index (κ1) is 24.8. The van der Waals surface area contributed by atoms with E-state index in [0.717, 1.165) is 16.8 Å². The average Bonchev–Trinajstić information content (AvgIpc) is 3.38. The molecule has 3 aliphatic heterocycles. The number of aliphatic carboxylic acids is 1. The third-order valence-corrected chi connectivity index (χ3v) is 10.1. The number of nitrogens with zero attached hydrogens (tertiary/aromatic N) is 2. The number of carbonyl (C=O) groups is 3. The summed E-state index contributed by atoms with van der Waals surface area (Å²) in [5.74, 6) is -3.13. The number of aliphatic hydroxyl groups is 1. The summed E-state index contributed by atoms with van der Waals surface area (Å²) < 4.78 is -0.833. The van der Waals surface area contributed by atoms with Gasteiger partial charge in [-0.25, -0.2) is 0 Å². The molecule has 7 nitrogen and oxygen atoms in total. The van der Waals surface area contributed by atoms with Gasteiger partial charge in [0.15, 0.2) is 0 Å². The Morgan fingerprint density at radius 1 is 1.35 bits per heavy atom. The van der Waals surface area contributed by atoms with E-state index in [4.69, 9.17) is 0 Å². The maximum atomic E-state index is 14.5. The SMILES string of the molecule is C=CCN(C(=O)C1N([C@@H](CC)CO)C(=O)[C@@H]2[C@H](C(=O)O)[C@@H]3CC(C)C12S3)c1c(C)cccc1C. The fraction of sp³-hybridized carbons (Fsp3) is 0.577. The van der Waals surface area contributed by atoms with Crippen molar-refractivity contribution in [2.75, 3.05) is 18.1 Å². The molecular weight excluding hydrogens is 452 g/mol. The van der Waals surface area contributed by atoms with Crippen LogP contribution in [0, 0.1) is 31.6 Å². The van der Waals surface area contributed by atoms with Gasteiger partial charge in [-0.3, -0.25) is 14.4 Å². The molecule has 3 aliphatic rings. The Morgan fingerprint density at radius 2 is 2.00 bits per heavy atom. The highest BCUT2D eigenvalue weighted by Crippen LogP contribution is 2.69. The zero-order valence-electron chi connectivity index (χ0n) is 20.2. The molecule has 184 valence electrons. The minimum atomic E-state index is -0.979. The third kappa shape index (κ3) is 3.33. The normalized spacial score (nSPS) is 32.6. The van der Waals surface area contributed by atoms with Gasteiger partial charge in [0.25, 0.3) is 5.91 Å². The minimum Gasteiger partial charge on any atom is -0.481 e. The van der Waals surface area contributed by atoms with Crippen molar-refractivity contribution in [1.29, 1.82) is 0 Å². The molecule has 1 aromatic carbocycles. The van der Waals surface area contributed by atoms with Crippen molar-refractivity contribution >= 4 is 35.2 Å². The van der Waals surface area contributed by atoms with E-state index in [1.54, 1.807) is 11.0 Å². The van der Waals surface area contributed by atoms with Crippen LogP contribution in [0.5, 0.6) is 0 Å². The van der Waals surface area contributed by atoms with Crippen LogP contribution in [0.2, 0.25) is 0 Å². The predicted molar refractivity (Wildman–Crippen MR) is 133 cm³/mol. The topological polar surface area (TPSA) is 98.2 Å². The number of thioether (sulfide) groups is 1. The Bertz CT molecular complexity index is 1000. The Morgan fingerprint density at radius 3 is 2.53 bits per heavy atom. The van der Waals surface area contributed by atoms with Gasteiger partial charge < -0.3 is 20.0 Å². The summed E-state index contributed by atoms with van der Waals surface area (Å²) in [6, 6.07) is 4.44. The van der Waals surface area contributed by atoms with Crippen LogP contribution < -0.4 is 4.90 Å². The highest BCUT2D eigenvalue weighted by molar-refractivity contribution is 8.02. The number of para-hydroxylation sites is 1. The zero-order valence-corrected chi connectivity index (χ0v) is 21.0. The Balaban J connectivity index is 1.90. The highest BCUT2D eigenvalue weighted by Gasteiger charge is 2.77. The summed E-state index contributed by atoms with van der Waals surface area (Å²) in [6.07, 6.45) is 2.80. The molecule has 0 radical (unpaired) electrons. The van der Waals surface area contributed by atoms with Crippen molar-refractivity contribution in [2.24, 2.45) is 17.8 Å². The van der Waals surface area contributed by atoms with E-state index in [0.29, 0.717) is 12.8 Å². The van der Waals surface area contributed by atoms with Gasteiger partial charge in [0.2, 0.25) is 5.91 Å². The van der Waals surface area contributed by atoms with E-state index < -0.39 is 34.6 Å². The molecule has 3 fully saturated rings. The fourth-order valence-corrected chi connectivity index (χ4v) is 9.02. The van der Waals surface area contributed by atoms with Crippen molar-refractivity contribution in [3.8, 4) is 0 Å². The van der Waals surface area contributed by atoms with E-state index >= 15 is 0 Å². The quantitative estimate of drug-likeness (QED) is 0.548. The summed E-state index contributed by atoms with van der Waals surface area (Å²) in [5.41, 5.74) is 2.67. The minimum absolute atomic E-state index is 0.00857. The van der Waals surface area contributed by atoms with E-state index in [9.17, 15) is 24.6 Å². The number of carbonyl (C=O) groups excluding carboxylic acids is 2. The average molecular weight is 487 g/mol. The van der Waals surface area contributed by atoms with Gasteiger partial charge in [0, 0.05) is 17.5 Å². The largest absolute Gasteiger partial charge is 0.481 e. The molecule has 7 atom stereocenters. The molecule has 34 heavy (non-hydrogen) atoms. The predicted octanol–water partition coefficient (Wildman–Crippen LogP) is 3.02. The molecule has 4 rings (SSSR count). The first-order valence-corrected chi connectivity index (χ1v) is 12.9. The standard InChI is InChI=1S/C26H34N2O5S/c1-6-11-27(21-14(3)9-8-10-15(21)4)24(31)22-26-16(5)12-18(34-26)19(25(32)33)20(26)23(30)28(22)17(7-2)13-29/h6,8-10,16-20,22,29H,1,7,11-13H2,2-5H3,(H,32,33)/t16?,17-,18-,19+,20-,22?,26?/m0/s1. The first-order chi connectivity index (χ1) is 16.1. The number of hydrogen-bond donors (Lipinski definition) is 2. The van der Waals surface area contributed by atoms with Crippen LogP contribution in [0.4, 0.5) is 5.69 Å². The van der Waals surface area contributed by atoms with E-state index in [2.05, 4.69) is 6.58 Å². The van der Waals surface area contributed by atoms with Gasteiger partial charge in [-0.2, -0.15) is 0 Å². The number of aliphatic hydroxyl groups excluding tert-OH is 1. The lowest BCUT2D eigenvalue weighted by Crippen LogP contribution is -2.59. The third-order valence-electron chi connectivity index (χ3n) is 8.06. The summed E-state index contributed by atoms with van der Waals surface area (Å²) >= 11 is 1.52.